The molecule has 0 aliphatic rings. The topological polar surface area (TPSA) is 12.9 Å². The molecule has 2 heteroatoms. The molecule has 2 aromatic rings. The van der Waals surface area contributed by atoms with Gasteiger partial charge in [-0.15, -0.1) is 0 Å². The third kappa shape index (κ3) is 2.78. The lowest BCUT2D eigenvalue weighted by atomic mass is 9.95. The summed E-state index contributed by atoms with van der Waals surface area (Å²) in [6, 6.07) is 10.1. The van der Waals surface area contributed by atoms with Crippen molar-refractivity contribution in [2.24, 2.45) is 5.92 Å². The molecule has 0 amide bonds. The first kappa shape index (κ1) is 12.4. The molecule has 0 saturated heterocycles. The van der Waals surface area contributed by atoms with Crippen LogP contribution in [0, 0.1) is 5.92 Å². The van der Waals surface area contributed by atoms with E-state index in [1.807, 2.05) is 18.2 Å². The molecule has 1 atom stereocenters. The molecule has 0 saturated carbocycles. The number of fused-ring (bicyclic) bond motifs is 1. The fourth-order valence-corrected chi connectivity index (χ4v) is 2.47. The third-order valence-corrected chi connectivity index (χ3v) is 3.36. The fourth-order valence-electron chi connectivity index (χ4n) is 2.24. The van der Waals surface area contributed by atoms with E-state index >= 15 is 0 Å². The van der Waals surface area contributed by atoms with Crippen LogP contribution in [0.5, 0.6) is 0 Å². The molecule has 17 heavy (non-hydrogen) atoms. The zero-order chi connectivity index (χ0) is 12.4. The average molecular weight is 248 g/mol. The SMILES string of the molecule is CC(C)CC(C)c1ccc2c(Cl)cccc2n1. The molecule has 0 spiro atoms. The molecule has 1 nitrogen and oxygen atoms in total. The van der Waals surface area contributed by atoms with Crippen LogP contribution in [0.25, 0.3) is 10.9 Å². The van der Waals surface area contributed by atoms with Crippen LogP contribution in [-0.4, -0.2) is 4.98 Å². The van der Waals surface area contributed by atoms with Crippen LogP contribution in [0.2, 0.25) is 5.02 Å². The van der Waals surface area contributed by atoms with E-state index in [0.717, 1.165) is 21.6 Å². The Morgan fingerprint density at radius 1 is 1.12 bits per heavy atom. The van der Waals surface area contributed by atoms with Crippen molar-refractivity contribution in [1.82, 2.24) is 4.98 Å². The molecule has 0 radical (unpaired) electrons. The van der Waals surface area contributed by atoms with E-state index in [2.05, 4.69) is 32.9 Å². The number of benzene rings is 1. The number of halogens is 1. The van der Waals surface area contributed by atoms with E-state index in [-0.39, 0.29) is 0 Å². The van der Waals surface area contributed by atoms with E-state index < -0.39 is 0 Å². The first-order valence-corrected chi connectivity index (χ1v) is 6.51. The van der Waals surface area contributed by atoms with E-state index in [0.29, 0.717) is 11.8 Å². The zero-order valence-corrected chi connectivity index (χ0v) is 11.3. The molecule has 0 aliphatic heterocycles. The van der Waals surface area contributed by atoms with E-state index in [4.69, 9.17) is 16.6 Å². The number of hydrogen-bond acceptors (Lipinski definition) is 1. The quantitative estimate of drug-likeness (QED) is 0.741. The smallest absolute Gasteiger partial charge is 0.0720 e. The summed E-state index contributed by atoms with van der Waals surface area (Å²) in [7, 11) is 0. The number of aromatic nitrogens is 1. The van der Waals surface area contributed by atoms with E-state index in [1.165, 1.54) is 6.42 Å². The van der Waals surface area contributed by atoms with Gasteiger partial charge < -0.3 is 0 Å². The van der Waals surface area contributed by atoms with Gasteiger partial charge in [-0.3, -0.25) is 4.98 Å². The van der Waals surface area contributed by atoms with Gasteiger partial charge in [-0.25, -0.2) is 0 Å². The molecule has 1 aromatic heterocycles. The fraction of sp³-hybridized carbons (Fsp3) is 0.400. The van der Waals surface area contributed by atoms with Gasteiger partial charge in [-0.1, -0.05) is 38.4 Å². The largest absolute Gasteiger partial charge is 0.253 e. The molecule has 90 valence electrons. The number of nitrogens with zero attached hydrogens (tertiary/aromatic N) is 1. The van der Waals surface area contributed by atoms with Crippen molar-refractivity contribution in [3.05, 3.63) is 41.0 Å². The molecule has 1 aromatic carbocycles. The first-order chi connectivity index (χ1) is 8.08. The summed E-state index contributed by atoms with van der Waals surface area (Å²) < 4.78 is 0. The van der Waals surface area contributed by atoms with E-state index in [9.17, 15) is 0 Å². The van der Waals surface area contributed by atoms with Crippen molar-refractivity contribution in [3.63, 3.8) is 0 Å². The lowest BCUT2D eigenvalue weighted by Crippen LogP contribution is -2.01. The summed E-state index contributed by atoms with van der Waals surface area (Å²) in [6.45, 7) is 6.72. The highest BCUT2D eigenvalue weighted by molar-refractivity contribution is 6.35. The van der Waals surface area contributed by atoms with Crippen molar-refractivity contribution in [2.75, 3.05) is 0 Å². The Balaban J connectivity index is 2.38. The Morgan fingerprint density at radius 2 is 1.88 bits per heavy atom. The molecule has 0 aliphatic carbocycles. The van der Waals surface area contributed by atoms with Crippen molar-refractivity contribution in [3.8, 4) is 0 Å². The summed E-state index contributed by atoms with van der Waals surface area (Å²) in [5.74, 6) is 1.19. The van der Waals surface area contributed by atoms with Crippen LogP contribution < -0.4 is 0 Å². The minimum absolute atomic E-state index is 0.499. The predicted octanol–water partition coefficient (Wildman–Crippen LogP) is 5.04. The predicted molar refractivity (Wildman–Crippen MR) is 74.6 cm³/mol. The van der Waals surface area contributed by atoms with Gasteiger partial charge in [-0.2, -0.15) is 0 Å². The van der Waals surface area contributed by atoms with Crippen molar-refractivity contribution < 1.29 is 0 Å². The van der Waals surface area contributed by atoms with Gasteiger partial charge >= 0.3 is 0 Å². The number of rotatable bonds is 3. The van der Waals surface area contributed by atoms with Gasteiger partial charge in [0.05, 0.1) is 5.52 Å². The standard InChI is InChI=1S/C15H18ClN/c1-10(2)9-11(3)14-8-7-12-13(16)5-4-6-15(12)17-14/h4-8,10-11H,9H2,1-3H3. The van der Waals surface area contributed by atoms with Crippen molar-refractivity contribution >= 4 is 22.5 Å². The number of pyridine rings is 1. The van der Waals surface area contributed by atoms with Crippen LogP contribution >= 0.6 is 11.6 Å². The highest BCUT2D eigenvalue weighted by Crippen LogP contribution is 2.26. The van der Waals surface area contributed by atoms with Crippen molar-refractivity contribution in [2.45, 2.75) is 33.1 Å². The van der Waals surface area contributed by atoms with Crippen LogP contribution in [0.4, 0.5) is 0 Å². The summed E-state index contributed by atoms with van der Waals surface area (Å²) >= 11 is 6.13. The molecule has 2 rings (SSSR count). The highest BCUT2D eigenvalue weighted by atomic mass is 35.5. The lowest BCUT2D eigenvalue weighted by Gasteiger charge is -2.14. The second-order valence-electron chi connectivity index (χ2n) is 5.07. The molecule has 0 bridgehead atoms. The molecular formula is C15H18ClN. The van der Waals surface area contributed by atoms with Crippen LogP contribution in [-0.2, 0) is 0 Å². The van der Waals surface area contributed by atoms with Gasteiger partial charge in [0.25, 0.3) is 0 Å². The summed E-state index contributed by atoms with van der Waals surface area (Å²) in [4.78, 5) is 4.70. The Hall–Kier alpha value is -1.08. The van der Waals surface area contributed by atoms with Gasteiger partial charge in [0.15, 0.2) is 0 Å². The summed E-state index contributed by atoms with van der Waals surface area (Å²) in [5.41, 5.74) is 2.15. The van der Waals surface area contributed by atoms with E-state index in [1.54, 1.807) is 0 Å². The monoisotopic (exact) mass is 247 g/mol. The normalized spacial score (nSPS) is 13.2. The summed E-state index contributed by atoms with van der Waals surface area (Å²) in [6.07, 6.45) is 1.17. The Bertz CT molecular complexity index is 519. The van der Waals surface area contributed by atoms with Crippen LogP contribution in [0.15, 0.2) is 30.3 Å². The van der Waals surface area contributed by atoms with Crippen LogP contribution in [0.1, 0.15) is 38.8 Å². The first-order valence-electron chi connectivity index (χ1n) is 6.13. The zero-order valence-electron chi connectivity index (χ0n) is 10.6. The highest BCUT2D eigenvalue weighted by Gasteiger charge is 2.10. The van der Waals surface area contributed by atoms with Crippen LogP contribution in [0.3, 0.4) is 0 Å². The Labute approximate surface area is 108 Å². The Morgan fingerprint density at radius 3 is 2.59 bits per heavy atom. The summed E-state index contributed by atoms with van der Waals surface area (Å²) in [5, 5.41) is 1.81. The maximum absolute atomic E-state index is 6.13. The van der Waals surface area contributed by atoms with Crippen molar-refractivity contribution in [1.29, 1.82) is 0 Å². The lowest BCUT2D eigenvalue weighted by molar-refractivity contribution is 0.517. The second-order valence-corrected chi connectivity index (χ2v) is 5.48. The maximum Gasteiger partial charge on any atom is 0.0720 e. The number of hydrogen-bond donors (Lipinski definition) is 0. The van der Waals surface area contributed by atoms with Gasteiger partial charge in [0, 0.05) is 16.1 Å². The molecular weight excluding hydrogens is 230 g/mol. The van der Waals surface area contributed by atoms with Gasteiger partial charge in [0.2, 0.25) is 0 Å². The molecule has 0 N–H and O–H groups in total. The Kier molecular flexibility index (Phi) is 3.68. The average Bonchev–Trinajstić information content (AvgIpc) is 2.28. The minimum Gasteiger partial charge on any atom is -0.253 e. The molecule has 0 fully saturated rings. The maximum atomic E-state index is 6.13. The second kappa shape index (κ2) is 5.05. The molecule has 1 unspecified atom stereocenters. The molecule has 1 heterocycles. The minimum atomic E-state index is 0.499. The van der Waals surface area contributed by atoms with Gasteiger partial charge in [0.1, 0.15) is 0 Å². The van der Waals surface area contributed by atoms with Gasteiger partial charge in [-0.05, 0) is 42.5 Å². The third-order valence-electron chi connectivity index (χ3n) is 3.03.